The van der Waals surface area contributed by atoms with E-state index in [1.165, 1.54) is 19.2 Å². The molecule has 27 heavy (non-hydrogen) atoms. The lowest BCUT2D eigenvalue weighted by atomic mass is 9.97. The molecule has 0 aliphatic carbocycles. The minimum Gasteiger partial charge on any atom is -0.453 e. The molecular weight excluding hydrogens is 356 g/mol. The number of rotatable bonds is 4. The topological polar surface area (TPSA) is 131 Å². The number of amides is 3. The Kier molecular flexibility index (Phi) is 6.69. The number of hydrogen-bond donors (Lipinski definition) is 2. The number of methoxy groups -OCH3 is 1. The van der Waals surface area contributed by atoms with E-state index >= 15 is 0 Å². The number of carbonyl (C=O) groups is 3. The van der Waals surface area contributed by atoms with Gasteiger partial charge in [-0.3, -0.25) is 19.7 Å². The fourth-order valence-electron chi connectivity index (χ4n) is 2.84. The maximum atomic E-state index is 12.0. The predicted octanol–water partition coefficient (Wildman–Crippen LogP) is 1.44. The third-order valence-electron chi connectivity index (χ3n) is 4.40. The van der Waals surface area contributed by atoms with Crippen LogP contribution in [0.1, 0.15) is 18.4 Å². The van der Waals surface area contributed by atoms with Crippen molar-refractivity contribution in [2.45, 2.75) is 19.8 Å². The van der Waals surface area contributed by atoms with Gasteiger partial charge in [-0.1, -0.05) is 6.07 Å². The molecule has 0 spiro atoms. The minimum absolute atomic E-state index is 0.0304. The molecule has 10 nitrogen and oxygen atoms in total. The molecule has 1 heterocycles. The number of piperidine rings is 1. The summed E-state index contributed by atoms with van der Waals surface area (Å²) in [6.07, 6.45) is 0.984. The predicted molar refractivity (Wildman–Crippen MR) is 96.2 cm³/mol. The quantitative estimate of drug-likeness (QED) is 0.463. The third-order valence-corrected chi connectivity index (χ3v) is 4.40. The minimum atomic E-state index is -0.964. The summed E-state index contributed by atoms with van der Waals surface area (Å²) in [4.78, 5) is 47.5. The fourth-order valence-corrected chi connectivity index (χ4v) is 2.84. The van der Waals surface area contributed by atoms with E-state index < -0.39 is 16.7 Å². The van der Waals surface area contributed by atoms with Crippen molar-refractivity contribution in [3.05, 3.63) is 33.9 Å². The molecule has 1 aliphatic rings. The maximum Gasteiger partial charge on any atom is 0.409 e. The van der Waals surface area contributed by atoms with E-state index in [2.05, 4.69) is 15.4 Å². The Balaban J connectivity index is 1.84. The zero-order chi connectivity index (χ0) is 20.0. The molecule has 0 bridgehead atoms. The molecule has 0 saturated carbocycles. The summed E-state index contributed by atoms with van der Waals surface area (Å²) in [5, 5.41) is 15.9. The number of anilines is 1. The number of nitrogens with one attached hydrogen (secondary N) is 2. The van der Waals surface area contributed by atoms with Crippen LogP contribution in [0.3, 0.4) is 0 Å². The summed E-state index contributed by atoms with van der Waals surface area (Å²) >= 11 is 0. The summed E-state index contributed by atoms with van der Waals surface area (Å²) in [5.41, 5.74) is 0.367. The van der Waals surface area contributed by atoms with E-state index in [9.17, 15) is 24.5 Å². The molecule has 0 radical (unpaired) electrons. The lowest BCUT2D eigenvalue weighted by Gasteiger charge is -2.30. The Morgan fingerprint density at radius 3 is 2.52 bits per heavy atom. The molecule has 2 N–H and O–H groups in total. The smallest absolute Gasteiger partial charge is 0.409 e. The van der Waals surface area contributed by atoms with Crippen molar-refractivity contribution in [2.24, 2.45) is 5.92 Å². The van der Waals surface area contributed by atoms with Gasteiger partial charge in [-0.25, -0.2) is 4.79 Å². The van der Waals surface area contributed by atoms with Gasteiger partial charge < -0.3 is 20.3 Å². The second-order valence-electron chi connectivity index (χ2n) is 6.34. The highest BCUT2D eigenvalue weighted by atomic mass is 16.6. The Morgan fingerprint density at radius 1 is 1.26 bits per heavy atom. The third kappa shape index (κ3) is 5.40. The second-order valence-corrected chi connectivity index (χ2v) is 6.34. The van der Waals surface area contributed by atoms with Crippen LogP contribution in [0.5, 0.6) is 0 Å². The van der Waals surface area contributed by atoms with Crippen molar-refractivity contribution in [1.29, 1.82) is 0 Å². The molecule has 1 aromatic carbocycles. The highest BCUT2D eigenvalue weighted by molar-refractivity contribution is 6.39. The summed E-state index contributed by atoms with van der Waals surface area (Å²) in [7, 11) is 1.33. The molecular formula is C17H22N4O6. The summed E-state index contributed by atoms with van der Waals surface area (Å²) in [6.45, 7) is 3.03. The Labute approximate surface area is 156 Å². The number of likely N-dealkylation sites (tertiary alicyclic amines) is 1. The van der Waals surface area contributed by atoms with Gasteiger partial charge in [0.05, 0.1) is 12.0 Å². The number of carbonyl (C=O) groups excluding carboxylic acids is 3. The number of aryl methyl sites for hydroxylation is 1. The van der Waals surface area contributed by atoms with Crippen LogP contribution in [-0.2, 0) is 14.3 Å². The number of ether oxygens (including phenoxy) is 1. The summed E-state index contributed by atoms with van der Waals surface area (Å²) in [5.74, 6) is -1.69. The van der Waals surface area contributed by atoms with Crippen molar-refractivity contribution >= 4 is 29.3 Å². The van der Waals surface area contributed by atoms with E-state index in [1.54, 1.807) is 17.9 Å². The first-order valence-electron chi connectivity index (χ1n) is 8.49. The molecule has 1 fully saturated rings. The largest absolute Gasteiger partial charge is 0.453 e. The van der Waals surface area contributed by atoms with E-state index in [1.807, 2.05) is 0 Å². The van der Waals surface area contributed by atoms with Gasteiger partial charge in [0.2, 0.25) is 0 Å². The zero-order valence-corrected chi connectivity index (χ0v) is 15.2. The number of nitro benzene ring substituents is 1. The zero-order valence-electron chi connectivity index (χ0n) is 15.2. The van der Waals surface area contributed by atoms with Crippen molar-refractivity contribution < 1.29 is 24.0 Å². The fraction of sp³-hybridized carbons (Fsp3) is 0.471. The van der Waals surface area contributed by atoms with E-state index in [0.29, 0.717) is 31.5 Å². The van der Waals surface area contributed by atoms with Gasteiger partial charge in [0.15, 0.2) is 0 Å². The van der Waals surface area contributed by atoms with Crippen molar-refractivity contribution in [3.8, 4) is 0 Å². The second kappa shape index (κ2) is 8.97. The van der Waals surface area contributed by atoms with Crippen molar-refractivity contribution in [1.82, 2.24) is 10.2 Å². The Bertz CT molecular complexity index is 743. The molecule has 0 unspecified atom stereocenters. The van der Waals surface area contributed by atoms with Gasteiger partial charge in [-0.15, -0.1) is 0 Å². The summed E-state index contributed by atoms with van der Waals surface area (Å²) < 4.78 is 4.66. The monoisotopic (exact) mass is 378 g/mol. The summed E-state index contributed by atoms with van der Waals surface area (Å²) in [6, 6.07) is 4.32. The van der Waals surface area contributed by atoms with Gasteiger partial charge in [0.1, 0.15) is 5.69 Å². The van der Waals surface area contributed by atoms with Crippen LogP contribution in [0.2, 0.25) is 0 Å². The van der Waals surface area contributed by atoms with Crippen molar-refractivity contribution in [2.75, 3.05) is 32.1 Å². The number of nitrogens with zero attached hydrogens (tertiary/aromatic N) is 2. The number of nitro groups is 1. The lowest BCUT2D eigenvalue weighted by molar-refractivity contribution is -0.384. The van der Waals surface area contributed by atoms with Crippen molar-refractivity contribution in [3.63, 3.8) is 0 Å². The highest BCUT2D eigenvalue weighted by Gasteiger charge is 2.25. The molecule has 1 aromatic rings. The normalized spacial score (nSPS) is 14.4. The highest BCUT2D eigenvalue weighted by Crippen LogP contribution is 2.25. The van der Waals surface area contributed by atoms with Gasteiger partial charge in [0, 0.05) is 25.7 Å². The van der Waals surface area contributed by atoms with Crippen LogP contribution in [0.25, 0.3) is 0 Å². The van der Waals surface area contributed by atoms with Crippen LogP contribution in [0.4, 0.5) is 16.2 Å². The molecule has 3 amide bonds. The number of benzene rings is 1. The number of hydrogen-bond acceptors (Lipinski definition) is 6. The van der Waals surface area contributed by atoms with Gasteiger partial charge in [0.25, 0.3) is 5.69 Å². The standard InChI is InChI=1S/C17H22N4O6/c1-11-3-4-13(14(9-11)21(25)26)19-16(23)15(22)18-10-12-5-7-20(8-6-12)17(24)27-2/h3-4,9,12H,5-8,10H2,1-2H3,(H,18,22)(H,19,23). The average molecular weight is 378 g/mol. The first-order valence-corrected chi connectivity index (χ1v) is 8.49. The molecule has 0 atom stereocenters. The first-order chi connectivity index (χ1) is 12.8. The van der Waals surface area contributed by atoms with E-state index in [0.717, 1.165) is 0 Å². The SMILES string of the molecule is COC(=O)N1CCC(CNC(=O)C(=O)Nc2ccc(C)cc2[N+](=O)[O-])CC1. The molecule has 146 valence electrons. The van der Waals surface area contributed by atoms with E-state index in [4.69, 9.17) is 0 Å². The van der Waals surface area contributed by atoms with Gasteiger partial charge >= 0.3 is 17.9 Å². The van der Waals surface area contributed by atoms with Crippen LogP contribution in [0.15, 0.2) is 18.2 Å². The molecule has 10 heteroatoms. The van der Waals surface area contributed by atoms with Gasteiger partial charge in [-0.05, 0) is 37.3 Å². The van der Waals surface area contributed by atoms with Crippen LogP contribution >= 0.6 is 0 Å². The lowest BCUT2D eigenvalue weighted by Crippen LogP contribution is -2.43. The van der Waals surface area contributed by atoms with Crippen LogP contribution in [-0.4, -0.2) is 54.5 Å². The molecule has 0 aromatic heterocycles. The average Bonchev–Trinajstić information content (AvgIpc) is 2.66. The first kappa shape index (κ1) is 20.1. The molecule has 1 aliphatic heterocycles. The molecule has 2 rings (SSSR count). The Hall–Kier alpha value is -3.17. The molecule has 1 saturated heterocycles. The van der Waals surface area contributed by atoms with E-state index in [-0.39, 0.29) is 29.9 Å². The maximum absolute atomic E-state index is 12.0. The van der Waals surface area contributed by atoms with Crippen LogP contribution < -0.4 is 10.6 Å². The van der Waals surface area contributed by atoms with Crippen LogP contribution in [0, 0.1) is 23.0 Å². The Morgan fingerprint density at radius 2 is 1.93 bits per heavy atom. The van der Waals surface area contributed by atoms with Gasteiger partial charge in [-0.2, -0.15) is 0 Å².